The number of carboxylic acid groups (broad SMARTS) is 1. The van der Waals surface area contributed by atoms with Crippen molar-refractivity contribution in [3.05, 3.63) is 36.0 Å². The van der Waals surface area contributed by atoms with Crippen LogP contribution in [0.25, 0.3) is 10.8 Å². The van der Waals surface area contributed by atoms with Crippen LogP contribution in [0.5, 0.6) is 0 Å². The van der Waals surface area contributed by atoms with Crippen molar-refractivity contribution in [2.75, 3.05) is 18.0 Å². The molecular weight excluding hydrogens is 268 g/mol. The number of rotatable bonds is 2. The molecule has 0 aliphatic carbocycles. The van der Waals surface area contributed by atoms with E-state index in [1.807, 2.05) is 38.1 Å². The van der Waals surface area contributed by atoms with Gasteiger partial charge in [-0.05, 0) is 25.3 Å². The molecule has 110 valence electrons. The average Bonchev–Trinajstić information content (AvgIpc) is 2.45. The molecule has 2 unspecified atom stereocenters. The smallest absolute Gasteiger partial charge is 0.354 e. The standard InChI is InChI=1S/C16H18N2O3/c1-10-8-18(9-11(2)21-10)15-13-6-4-3-5-12(13)7-14(17-15)16(19)20/h3-7,10-11H,8-9H2,1-2H3,(H,19,20). The first kappa shape index (κ1) is 13.8. The molecule has 2 heterocycles. The lowest BCUT2D eigenvalue weighted by atomic mass is 10.1. The van der Waals surface area contributed by atoms with E-state index in [0.717, 1.165) is 16.6 Å². The van der Waals surface area contributed by atoms with Crippen molar-refractivity contribution in [1.82, 2.24) is 4.98 Å². The quantitative estimate of drug-likeness (QED) is 0.919. The summed E-state index contributed by atoms with van der Waals surface area (Å²) < 4.78 is 5.74. The van der Waals surface area contributed by atoms with Crippen molar-refractivity contribution in [2.45, 2.75) is 26.1 Å². The number of carbonyl (C=O) groups is 1. The average molecular weight is 286 g/mol. The summed E-state index contributed by atoms with van der Waals surface area (Å²) in [7, 11) is 0. The third kappa shape index (κ3) is 2.69. The lowest BCUT2D eigenvalue weighted by Crippen LogP contribution is -2.46. The van der Waals surface area contributed by atoms with Crippen LogP contribution in [0, 0.1) is 0 Å². The number of nitrogens with zero attached hydrogens (tertiary/aromatic N) is 2. The molecule has 0 bridgehead atoms. The monoisotopic (exact) mass is 286 g/mol. The van der Waals surface area contributed by atoms with E-state index in [2.05, 4.69) is 9.88 Å². The van der Waals surface area contributed by atoms with Gasteiger partial charge in [0.15, 0.2) is 5.69 Å². The van der Waals surface area contributed by atoms with E-state index in [-0.39, 0.29) is 17.9 Å². The summed E-state index contributed by atoms with van der Waals surface area (Å²) in [4.78, 5) is 17.8. The Morgan fingerprint density at radius 2 is 1.95 bits per heavy atom. The maximum absolute atomic E-state index is 11.3. The minimum Gasteiger partial charge on any atom is -0.477 e. The highest BCUT2D eigenvalue weighted by molar-refractivity contribution is 5.98. The number of carboxylic acids is 1. The number of ether oxygens (including phenoxy) is 1. The summed E-state index contributed by atoms with van der Waals surface area (Å²) in [6.45, 7) is 5.46. The summed E-state index contributed by atoms with van der Waals surface area (Å²) in [6.07, 6.45) is 0.200. The number of hydrogen-bond donors (Lipinski definition) is 1. The molecule has 1 aliphatic heterocycles. The Bertz CT molecular complexity index is 676. The van der Waals surface area contributed by atoms with Gasteiger partial charge in [0.2, 0.25) is 0 Å². The van der Waals surface area contributed by atoms with Gasteiger partial charge < -0.3 is 14.7 Å². The number of anilines is 1. The number of pyridine rings is 1. The van der Waals surface area contributed by atoms with Gasteiger partial charge in [-0.3, -0.25) is 0 Å². The van der Waals surface area contributed by atoms with Gasteiger partial charge in [-0.1, -0.05) is 24.3 Å². The first-order chi connectivity index (χ1) is 10.0. The number of aromatic nitrogens is 1. The summed E-state index contributed by atoms with van der Waals surface area (Å²) in [6, 6.07) is 9.37. The molecule has 1 N–H and O–H groups in total. The predicted octanol–water partition coefficient (Wildman–Crippen LogP) is 2.55. The zero-order valence-corrected chi connectivity index (χ0v) is 12.1. The van der Waals surface area contributed by atoms with Gasteiger partial charge in [-0.15, -0.1) is 0 Å². The second-order valence-electron chi connectivity index (χ2n) is 5.52. The molecule has 1 aliphatic rings. The largest absolute Gasteiger partial charge is 0.477 e. The molecular formula is C16H18N2O3. The van der Waals surface area contributed by atoms with Crippen LogP contribution in [0.15, 0.2) is 30.3 Å². The first-order valence-corrected chi connectivity index (χ1v) is 7.08. The highest BCUT2D eigenvalue weighted by Crippen LogP contribution is 2.28. The molecule has 1 saturated heterocycles. The Kier molecular flexibility index (Phi) is 3.51. The fourth-order valence-corrected chi connectivity index (χ4v) is 2.88. The molecule has 1 fully saturated rings. The summed E-state index contributed by atoms with van der Waals surface area (Å²) in [5, 5.41) is 11.1. The van der Waals surface area contributed by atoms with Crippen LogP contribution in [0.3, 0.4) is 0 Å². The van der Waals surface area contributed by atoms with Gasteiger partial charge >= 0.3 is 5.97 Å². The second-order valence-corrected chi connectivity index (χ2v) is 5.52. The van der Waals surface area contributed by atoms with Crippen LogP contribution in [-0.4, -0.2) is 41.4 Å². The van der Waals surface area contributed by atoms with Crippen molar-refractivity contribution >= 4 is 22.6 Å². The van der Waals surface area contributed by atoms with Crippen LogP contribution in [-0.2, 0) is 4.74 Å². The highest BCUT2D eigenvalue weighted by atomic mass is 16.5. The molecule has 0 radical (unpaired) electrons. The molecule has 5 nitrogen and oxygen atoms in total. The van der Waals surface area contributed by atoms with E-state index in [0.29, 0.717) is 13.1 Å². The topological polar surface area (TPSA) is 62.7 Å². The number of benzene rings is 1. The molecule has 2 aromatic rings. The van der Waals surface area contributed by atoms with E-state index in [4.69, 9.17) is 4.74 Å². The molecule has 21 heavy (non-hydrogen) atoms. The first-order valence-electron chi connectivity index (χ1n) is 7.08. The second kappa shape index (κ2) is 5.33. The van der Waals surface area contributed by atoms with Crippen molar-refractivity contribution in [3.8, 4) is 0 Å². The van der Waals surface area contributed by atoms with Gasteiger partial charge in [0.25, 0.3) is 0 Å². The maximum Gasteiger partial charge on any atom is 0.354 e. The van der Waals surface area contributed by atoms with E-state index < -0.39 is 5.97 Å². The molecule has 5 heteroatoms. The van der Waals surface area contributed by atoms with Gasteiger partial charge in [-0.2, -0.15) is 0 Å². The van der Waals surface area contributed by atoms with Crippen molar-refractivity contribution in [2.24, 2.45) is 0 Å². The Balaban J connectivity index is 2.13. The number of hydrogen-bond acceptors (Lipinski definition) is 4. The molecule has 0 spiro atoms. The maximum atomic E-state index is 11.3. The normalized spacial score (nSPS) is 22.5. The number of fused-ring (bicyclic) bond motifs is 1. The van der Waals surface area contributed by atoms with E-state index >= 15 is 0 Å². The van der Waals surface area contributed by atoms with Crippen LogP contribution >= 0.6 is 0 Å². The third-order valence-corrected chi connectivity index (χ3v) is 3.66. The summed E-state index contributed by atoms with van der Waals surface area (Å²) in [5.41, 5.74) is 0.0792. The lowest BCUT2D eigenvalue weighted by molar-refractivity contribution is -0.00537. The van der Waals surface area contributed by atoms with Crippen molar-refractivity contribution in [3.63, 3.8) is 0 Å². The summed E-state index contributed by atoms with van der Waals surface area (Å²) >= 11 is 0. The van der Waals surface area contributed by atoms with Crippen molar-refractivity contribution in [1.29, 1.82) is 0 Å². The molecule has 0 amide bonds. The summed E-state index contributed by atoms with van der Waals surface area (Å²) in [5.74, 6) is -0.274. The zero-order valence-electron chi connectivity index (χ0n) is 12.1. The fraction of sp³-hybridized carbons (Fsp3) is 0.375. The molecule has 1 aromatic heterocycles. The van der Waals surface area contributed by atoms with E-state index in [1.54, 1.807) is 6.07 Å². The third-order valence-electron chi connectivity index (χ3n) is 3.66. The van der Waals surface area contributed by atoms with Gasteiger partial charge in [0.05, 0.1) is 12.2 Å². The zero-order chi connectivity index (χ0) is 15.0. The van der Waals surface area contributed by atoms with Crippen LogP contribution in [0.4, 0.5) is 5.82 Å². The number of aromatic carboxylic acids is 1. The van der Waals surface area contributed by atoms with E-state index in [9.17, 15) is 9.90 Å². The Hall–Kier alpha value is -2.14. The Morgan fingerprint density at radius 3 is 2.62 bits per heavy atom. The fourth-order valence-electron chi connectivity index (χ4n) is 2.88. The molecule has 0 saturated carbocycles. The Morgan fingerprint density at radius 1 is 1.29 bits per heavy atom. The molecule has 1 aromatic carbocycles. The van der Waals surface area contributed by atoms with E-state index in [1.165, 1.54) is 0 Å². The SMILES string of the molecule is CC1CN(c2nc(C(=O)O)cc3ccccc23)CC(C)O1. The van der Waals surface area contributed by atoms with Gasteiger partial charge in [-0.25, -0.2) is 9.78 Å². The Labute approximate surface area is 123 Å². The lowest BCUT2D eigenvalue weighted by Gasteiger charge is -2.36. The highest BCUT2D eigenvalue weighted by Gasteiger charge is 2.25. The van der Waals surface area contributed by atoms with Crippen molar-refractivity contribution < 1.29 is 14.6 Å². The van der Waals surface area contributed by atoms with Crippen LogP contribution in [0.1, 0.15) is 24.3 Å². The predicted molar refractivity (Wildman–Crippen MR) is 80.9 cm³/mol. The molecule has 3 rings (SSSR count). The minimum absolute atomic E-state index is 0.0792. The minimum atomic E-state index is -1.00. The molecule has 2 atom stereocenters. The number of morpholine rings is 1. The van der Waals surface area contributed by atoms with Crippen LogP contribution in [0.2, 0.25) is 0 Å². The van der Waals surface area contributed by atoms with Gasteiger partial charge in [0, 0.05) is 18.5 Å². The van der Waals surface area contributed by atoms with Crippen LogP contribution < -0.4 is 4.90 Å². The van der Waals surface area contributed by atoms with Gasteiger partial charge in [0.1, 0.15) is 5.82 Å².